The van der Waals surface area contributed by atoms with Gasteiger partial charge < -0.3 is 10.1 Å². The molecule has 0 radical (unpaired) electrons. The maximum Gasteiger partial charge on any atom is 0.118 e. The first kappa shape index (κ1) is 13.4. The molecule has 1 fully saturated rings. The molecule has 1 aliphatic rings. The molecule has 100 valence electrons. The molecule has 1 aliphatic carbocycles. The molecule has 18 heavy (non-hydrogen) atoms. The van der Waals surface area contributed by atoms with E-state index >= 15 is 0 Å². The van der Waals surface area contributed by atoms with Crippen LogP contribution in [0.2, 0.25) is 0 Å². The van der Waals surface area contributed by atoms with E-state index in [1.54, 1.807) is 7.11 Å². The van der Waals surface area contributed by atoms with Gasteiger partial charge in [-0.05, 0) is 55.5 Å². The normalized spacial score (nSPS) is 23.2. The molecule has 0 aromatic heterocycles. The van der Waals surface area contributed by atoms with Crippen LogP contribution in [0.5, 0.6) is 5.75 Å². The molecule has 2 unspecified atom stereocenters. The van der Waals surface area contributed by atoms with E-state index in [2.05, 4.69) is 24.4 Å². The van der Waals surface area contributed by atoms with Crippen molar-refractivity contribution >= 4 is 0 Å². The third kappa shape index (κ3) is 3.74. The van der Waals surface area contributed by atoms with Crippen molar-refractivity contribution in [1.82, 2.24) is 5.32 Å². The highest BCUT2D eigenvalue weighted by molar-refractivity contribution is 5.27. The van der Waals surface area contributed by atoms with Crippen molar-refractivity contribution < 1.29 is 4.74 Å². The zero-order valence-electron chi connectivity index (χ0n) is 11.6. The van der Waals surface area contributed by atoms with Crippen LogP contribution in [0.1, 0.15) is 31.7 Å². The fourth-order valence-electron chi connectivity index (χ4n) is 2.84. The van der Waals surface area contributed by atoms with Crippen LogP contribution >= 0.6 is 0 Å². The van der Waals surface area contributed by atoms with Gasteiger partial charge in [0.05, 0.1) is 7.11 Å². The van der Waals surface area contributed by atoms with Gasteiger partial charge in [-0.3, -0.25) is 0 Å². The number of nitrogens with one attached hydrogen (secondary N) is 1. The summed E-state index contributed by atoms with van der Waals surface area (Å²) in [5.41, 5.74) is 1.38. The van der Waals surface area contributed by atoms with E-state index in [9.17, 15) is 0 Å². The van der Waals surface area contributed by atoms with Crippen molar-refractivity contribution in [3.63, 3.8) is 0 Å². The predicted molar refractivity (Wildman–Crippen MR) is 76.1 cm³/mol. The minimum absolute atomic E-state index is 0.904. The van der Waals surface area contributed by atoms with E-state index in [0.29, 0.717) is 0 Å². The molecule has 0 heterocycles. The molecule has 2 heteroatoms. The van der Waals surface area contributed by atoms with Crippen molar-refractivity contribution in [2.24, 2.45) is 11.8 Å². The molecule has 0 aliphatic heterocycles. The maximum atomic E-state index is 5.16. The Kier molecular flexibility index (Phi) is 5.06. The Bertz CT molecular complexity index is 347. The number of hydrogen-bond donors (Lipinski definition) is 1. The summed E-state index contributed by atoms with van der Waals surface area (Å²) in [5, 5.41) is 3.60. The number of hydrogen-bond acceptors (Lipinski definition) is 2. The summed E-state index contributed by atoms with van der Waals surface area (Å²) in [4.78, 5) is 0. The van der Waals surface area contributed by atoms with E-state index < -0.39 is 0 Å². The lowest BCUT2D eigenvalue weighted by Gasteiger charge is -2.15. The predicted octanol–water partition coefficient (Wildman–Crippen LogP) is 3.26. The van der Waals surface area contributed by atoms with E-state index in [-0.39, 0.29) is 0 Å². The monoisotopic (exact) mass is 247 g/mol. The summed E-state index contributed by atoms with van der Waals surface area (Å²) in [7, 11) is 1.71. The summed E-state index contributed by atoms with van der Waals surface area (Å²) in [5.74, 6) is 2.76. The van der Waals surface area contributed by atoms with E-state index in [1.165, 1.54) is 31.4 Å². The smallest absolute Gasteiger partial charge is 0.118 e. The molecule has 1 aromatic rings. The molecule has 2 nitrogen and oxygen atoms in total. The zero-order chi connectivity index (χ0) is 12.8. The lowest BCUT2D eigenvalue weighted by atomic mass is 9.98. The molecule has 0 amide bonds. The Morgan fingerprint density at radius 3 is 2.61 bits per heavy atom. The lowest BCUT2D eigenvalue weighted by Crippen LogP contribution is -2.26. The minimum atomic E-state index is 0.904. The van der Waals surface area contributed by atoms with Crippen LogP contribution in [0.25, 0.3) is 0 Å². The molecule has 1 N–H and O–H groups in total. The summed E-state index contributed by atoms with van der Waals surface area (Å²) >= 11 is 0. The van der Waals surface area contributed by atoms with Gasteiger partial charge in [0.2, 0.25) is 0 Å². The van der Waals surface area contributed by atoms with Crippen LogP contribution in [0, 0.1) is 11.8 Å². The fraction of sp³-hybridized carbons (Fsp3) is 0.625. The zero-order valence-corrected chi connectivity index (χ0v) is 11.6. The van der Waals surface area contributed by atoms with E-state index in [0.717, 1.165) is 30.6 Å². The Labute approximate surface area is 111 Å². The van der Waals surface area contributed by atoms with E-state index in [4.69, 9.17) is 4.74 Å². The van der Waals surface area contributed by atoms with Gasteiger partial charge in [-0.15, -0.1) is 0 Å². The molecule has 0 saturated heterocycles. The van der Waals surface area contributed by atoms with Gasteiger partial charge >= 0.3 is 0 Å². The van der Waals surface area contributed by atoms with Gasteiger partial charge in [-0.25, -0.2) is 0 Å². The van der Waals surface area contributed by atoms with Gasteiger partial charge in [0.1, 0.15) is 5.75 Å². The van der Waals surface area contributed by atoms with Crippen molar-refractivity contribution in [2.45, 2.75) is 32.6 Å². The van der Waals surface area contributed by atoms with Crippen LogP contribution in [0.4, 0.5) is 0 Å². The number of benzene rings is 1. The van der Waals surface area contributed by atoms with Gasteiger partial charge in [0.15, 0.2) is 0 Å². The number of methoxy groups -OCH3 is 1. The van der Waals surface area contributed by atoms with Crippen molar-refractivity contribution in [2.75, 3.05) is 20.2 Å². The Hall–Kier alpha value is -1.02. The third-order valence-electron chi connectivity index (χ3n) is 4.20. The fourth-order valence-corrected chi connectivity index (χ4v) is 2.84. The average molecular weight is 247 g/mol. The largest absolute Gasteiger partial charge is 0.497 e. The van der Waals surface area contributed by atoms with Crippen LogP contribution in [0.3, 0.4) is 0 Å². The quantitative estimate of drug-likeness (QED) is 0.779. The molecule has 1 saturated carbocycles. The van der Waals surface area contributed by atoms with Gasteiger partial charge in [-0.1, -0.05) is 31.9 Å². The second-order valence-electron chi connectivity index (χ2n) is 5.47. The molecular weight excluding hydrogens is 222 g/mol. The molecule has 2 rings (SSSR count). The Morgan fingerprint density at radius 1 is 1.22 bits per heavy atom. The molecule has 1 aromatic carbocycles. The first-order chi connectivity index (χ1) is 8.79. The van der Waals surface area contributed by atoms with Crippen molar-refractivity contribution in [3.05, 3.63) is 29.8 Å². The SMILES string of the molecule is COc1ccc(CCNCC2CCCC2C)cc1. The first-order valence-corrected chi connectivity index (χ1v) is 7.13. The topological polar surface area (TPSA) is 21.3 Å². The highest BCUT2D eigenvalue weighted by Gasteiger charge is 2.22. The van der Waals surface area contributed by atoms with Gasteiger partial charge in [0, 0.05) is 0 Å². The van der Waals surface area contributed by atoms with Crippen LogP contribution < -0.4 is 10.1 Å². The van der Waals surface area contributed by atoms with Crippen molar-refractivity contribution in [1.29, 1.82) is 0 Å². The Balaban J connectivity index is 1.65. The summed E-state index contributed by atoms with van der Waals surface area (Å²) < 4.78 is 5.16. The summed E-state index contributed by atoms with van der Waals surface area (Å²) in [6.07, 6.45) is 5.36. The maximum absolute atomic E-state index is 5.16. The molecular formula is C16H25NO. The number of rotatable bonds is 6. The highest BCUT2D eigenvalue weighted by atomic mass is 16.5. The summed E-state index contributed by atoms with van der Waals surface area (Å²) in [6, 6.07) is 8.38. The highest BCUT2D eigenvalue weighted by Crippen LogP contribution is 2.30. The molecule has 0 bridgehead atoms. The van der Waals surface area contributed by atoms with Crippen LogP contribution in [-0.2, 0) is 6.42 Å². The van der Waals surface area contributed by atoms with Crippen LogP contribution in [0.15, 0.2) is 24.3 Å². The van der Waals surface area contributed by atoms with Crippen LogP contribution in [-0.4, -0.2) is 20.2 Å². The Morgan fingerprint density at radius 2 is 2.00 bits per heavy atom. The average Bonchev–Trinajstić information content (AvgIpc) is 2.81. The standard InChI is InChI=1S/C16H25NO/c1-13-4-3-5-15(13)12-17-11-10-14-6-8-16(18-2)9-7-14/h6-9,13,15,17H,3-5,10-12H2,1-2H3. The second-order valence-corrected chi connectivity index (χ2v) is 5.47. The van der Waals surface area contributed by atoms with E-state index in [1.807, 2.05) is 12.1 Å². The van der Waals surface area contributed by atoms with Gasteiger partial charge in [0.25, 0.3) is 0 Å². The lowest BCUT2D eigenvalue weighted by molar-refractivity contribution is 0.394. The van der Waals surface area contributed by atoms with Crippen molar-refractivity contribution in [3.8, 4) is 5.75 Å². The summed E-state index contributed by atoms with van der Waals surface area (Å²) in [6.45, 7) is 4.66. The second kappa shape index (κ2) is 6.79. The third-order valence-corrected chi connectivity index (χ3v) is 4.20. The minimum Gasteiger partial charge on any atom is -0.497 e. The number of ether oxygens (including phenoxy) is 1. The molecule has 2 atom stereocenters. The molecule has 0 spiro atoms. The van der Waals surface area contributed by atoms with Gasteiger partial charge in [-0.2, -0.15) is 0 Å². The first-order valence-electron chi connectivity index (χ1n) is 7.13.